The van der Waals surface area contributed by atoms with Crippen LogP contribution in [0.15, 0.2) is 114 Å². The second kappa shape index (κ2) is 16.0. The average Bonchev–Trinajstić information content (AvgIpc) is 3.64. The molecule has 0 amide bonds. The molecule has 3 heterocycles. The average molecular weight is 932 g/mol. The minimum atomic E-state index is -2.43. The number of hydrogen-bond donors (Lipinski definition) is 0. The second-order valence-electron chi connectivity index (χ2n) is 17.0. The van der Waals surface area contributed by atoms with Crippen LogP contribution < -0.4 is 0 Å². The van der Waals surface area contributed by atoms with Gasteiger partial charge in [0, 0.05) is 47.5 Å². The van der Waals surface area contributed by atoms with Gasteiger partial charge in [-0.3, -0.25) is 0 Å². The molecule has 2 saturated carbocycles. The molecule has 57 heavy (non-hydrogen) atoms. The summed E-state index contributed by atoms with van der Waals surface area (Å²) in [6, 6.07) is 37.9. The molecule has 0 bridgehead atoms. The quantitative estimate of drug-likeness (QED) is 0.131. The molecule has 2 aliphatic carbocycles. The number of aromatic nitrogens is 2. The SMILES string of the molecule is CC(C)(C)c1ccc(-c2[c-]cccc2)nc1.[2H]C([2H])([2H])c1cnc(-c2[c-]cc(C([2H])([2H])[2H])c3c2oc2cc4c(ccc5ccccc54)cc23)cc1C1([2H])CCC2(CCCCC2)CC1.[Ir]. The molecule has 2 aliphatic rings. The van der Waals surface area contributed by atoms with Gasteiger partial charge in [0.05, 0.1) is 5.58 Å². The zero-order valence-corrected chi connectivity index (χ0v) is 35.3. The maximum absolute atomic E-state index is 9.67. The molecule has 0 unspecified atom stereocenters. The van der Waals surface area contributed by atoms with Crippen LogP contribution in [0.2, 0.25) is 0 Å². The molecule has 3 aromatic heterocycles. The molecule has 1 radical (unpaired) electrons. The van der Waals surface area contributed by atoms with Crippen LogP contribution in [0.5, 0.6) is 0 Å². The first-order valence-corrected chi connectivity index (χ1v) is 20.1. The minimum Gasteiger partial charge on any atom is -0.501 e. The van der Waals surface area contributed by atoms with Gasteiger partial charge >= 0.3 is 0 Å². The van der Waals surface area contributed by atoms with Gasteiger partial charge in [0.15, 0.2) is 0 Å². The Balaban J connectivity index is 0.000000279. The van der Waals surface area contributed by atoms with Crippen LogP contribution >= 0.6 is 0 Å². The minimum absolute atomic E-state index is 0. The third kappa shape index (κ3) is 7.72. The van der Waals surface area contributed by atoms with Crippen molar-refractivity contribution in [1.82, 2.24) is 9.97 Å². The molecule has 10 rings (SSSR count). The smallest absolute Gasteiger partial charge is 0.121 e. The van der Waals surface area contributed by atoms with E-state index in [1.807, 2.05) is 60.8 Å². The summed E-state index contributed by atoms with van der Waals surface area (Å²) in [6.45, 7) is 1.73. The number of nitrogens with zero attached hydrogens (tertiary/aromatic N) is 2. The molecular weight excluding hydrogens is 873 g/mol. The summed E-state index contributed by atoms with van der Waals surface area (Å²) in [5.41, 5.74) is 6.21. The van der Waals surface area contributed by atoms with Crippen LogP contribution in [0, 0.1) is 31.3 Å². The van der Waals surface area contributed by atoms with E-state index < -0.39 is 19.6 Å². The Morgan fingerprint density at radius 2 is 1.51 bits per heavy atom. The van der Waals surface area contributed by atoms with E-state index in [0.717, 1.165) is 45.6 Å². The van der Waals surface area contributed by atoms with Gasteiger partial charge in [0.1, 0.15) is 5.58 Å². The Morgan fingerprint density at radius 3 is 2.25 bits per heavy atom. The van der Waals surface area contributed by atoms with Gasteiger partial charge in [-0.05, 0) is 124 Å². The number of benzene rings is 5. The van der Waals surface area contributed by atoms with Crippen molar-refractivity contribution in [2.45, 2.75) is 104 Å². The van der Waals surface area contributed by atoms with Crippen molar-refractivity contribution in [3.8, 4) is 22.5 Å². The van der Waals surface area contributed by atoms with Gasteiger partial charge in [-0.25, -0.2) is 0 Å². The van der Waals surface area contributed by atoms with E-state index in [9.17, 15) is 1.37 Å². The van der Waals surface area contributed by atoms with Crippen molar-refractivity contribution in [2.75, 3.05) is 0 Å². The molecule has 0 aliphatic heterocycles. The van der Waals surface area contributed by atoms with Crippen LogP contribution in [-0.4, -0.2) is 9.97 Å². The zero-order valence-electron chi connectivity index (χ0n) is 39.9. The fourth-order valence-corrected chi connectivity index (χ4v) is 9.10. The van der Waals surface area contributed by atoms with Crippen molar-refractivity contribution >= 4 is 43.5 Å². The number of hydrogen-bond acceptors (Lipinski definition) is 3. The molecule has 0 N–H and O–H groups in total. The van der Waals surface area contributed by atoms with E-state index in [4.69, 9.17) is 12.6 Å². The Labute approximate surface area is 361 Å². The van der Waals surface area contributed by atoms with Crippen LogP contribution in [0.3, 0.4) is 0 Å². The number of fused-ring (bicyclic) bond motifs is 6. The van der Waals surface area contributed by atoms with Crippen molar-refractivity contribution in [3.63, 3.8) is 0 Å². The first-order valence-electron chi connectivity index (χ1n) is 23.6. The molecule has 4 heteroatoms. The van der Waals surface area contributed by atoms with E-state index >= 15 is 0 Å². The van der Waals surface area contributed by atoms with Crippen LogP contribution in [0.4, 0.5) is 0 Å². The monoisotopic (exact) mass is 932 g/mol. The topological polar surface area (TPSA) is 38.9 Å². The first-order chi connectivity index (χ1) is 29.9. The van der Waals surface area contributed by atoms with E-state index in [0.29, 0.717) is 51.6 Å². The van der Waals surface area contributed by atoms with E-state index in [-0.39, 0.29) is 42.1 Å². The predicted octanol–water partition coefficient (Wildman–Crippen LogP) is 14.8. The predicted molar refractivity (Wildman–Crippen MR) is 234 cm³/mol. The third-order valence-electron chi connectivity index (χ3n) is 12.4. The van der Waals surface area contributed by atoms with Crippen molar-refractivity contribution in [2.24, 2.45) is 5.41 Å². The van der Waals surface area contributed by atoms with Crippen LogP contribution in [0.1, 0.15) is 116 Å². The largest absolute Gasteiger partial charge is 0.501 e. The number of pyridine rings is 2. The summed E-state index contributed by atoms with van der Waals surface area (Å²) in [5.74, 6) is -1.06. The van der Waals surface area contributed by atoms with Gasteiger partial charge in [-0.2, -0.15) is 0 Å². The molecular formula is C53H52IrN2O-2. The molecule has 291 valence electrons. The summed E-state index contributed by atoms with van der Waals surface area (Å²) in [7, 11) is 0. The molecule has 0 atom stereocenters. The number of furan rings is 1. The summed E-state index contributed by atoms with van der Waals surface area (Å²) in [6.07, 6.45) is 12.5. The third-order valence-corrected chi connectivity index (χ3v) is 12.4. The van der Waals surface area contributed by atoms with E-state index in [1.54, 1.807) is 6.07 Å². The molecule has 3 nitrogen and oxygen atoms in total. The Kier molecular flexibility index (Phi) is 8.78. The molecule has 2 fully saturated rings. The summed E-state index contributed by atoms with van der Waals surface area (Å²) in [5, 5.41) is 5.30. The molecule has 1 spiro atoms. The Hall–Kier alpha value is -4.63. The molecule has 0 saturated heterocycles. The molecule has 8 aromatic rings. The number of rotatable bonds is 3. The van der Waals surface area contributed by atoms with Gasteiger partial charge < -0.3 is 14.4 Å². The van der Waals surface area contributed by atoms with E-state index in [2.05, 4.69) is 73.2 Å². The fourth-order valence-electron chi connectivity index (χ4n) is 9.10. The fraction of sp³-hybridized carbons (Fsp3) is 0.321. The summed E-state index contributed by atoms with van der Waals surface area (Å²) in [4.78, 5) is 9.10. The van der Waals surface area contributed by atoms with Gasteiger partial charge in [0.25, 0.3) is 0 Å². The standard InChI is InChI=1S/C38H36NO.C15H16N.Ir/c1-24-10-13-30(34-21-31(25(2)23-39-34)27-14-18-38(19-15-27)16-6-3-7-17-38)37-36(24)33-20-28-12-11-26-8-4-5-9-29(26)32(28)22-35(33)40-37;1-15(2,3)13-9-10-14(16-11-13)12-7-5-4-6-8-12;/h4-5,8-12,20-23,27H,3,6-7,14-19H2,1-2H3;4-7,9-11H,1-3H3;/q2*-1;/i1D3,2D3,27D;;. The van der Waals surface area contributed by atoms with Crippen molar-refractivity contribution in [1.29, 1.82) is 0 Å². The van der Waals surface area contributed by atoms with Gasteiger partial charge in [-0.1, -0.05) is 112 Å². The van der Waals surface area contributed by atoms with Crippen molar-refractivity contribution < 1.29 is 34.1 Å². The van der Waals surface area contributed by atoms with Crippen molar-refractivity contribution in [3.05, 3.63) is 144 Å². The van der Waals surface area contributed by atoms with E-state index in [1.165, 1.54) is 49.9 Å². The van der Waals surface area contributed by atoms with Gasteiger partial charge in [-0.15, -0.1) is 53.6 Å². The maximum atomic E-state index is 9.67. The molecule has 5 aromatic carbocycles. The second-order valence-corrected chi connectivity index (χ2v) is 17.0. The van der Waals surface area contributed by atoms with Gasteiger partial charge in [0.2, 0.25) is 0 Å². The zero-order chi connectivity index (χ0) is 44.4. The maximum Gasteiger partial charge on any atom is 0.121 e. The van der Waals surface area contributed by atoms with Crippen LogP contribution in [-0.2, 0) is 25.5 Å². The Bertz CT molecular complexity index is 2950. The summed E-state index contributed by atoms with van der Waals surface area (Å²) >= 11 is 0. The summed E-state index contributed by atoms with van der Waals surface area (Å²) < 4.78 is 66.3. The first kappa shape index (κ1) is 31.4. The van der Waals surface area contributed by atoms with Crippen LogP contribution in [0.25, 0.3) is 66.0 Å². The Morgan fingerprint density at radius 1 is 0.737 bits per heavy atom. The number of aryl methyl sites for hydroxylation is 2. The normalized spacial score (nSPS) is 18.6.